The summed E-state index contributed by atoms with van der Waals surface area (Å²) in [5, 5.41) is 18.7. The molecule has 0 amide bonds. The van der Waals surface area contributed by atoms with E-state index in [2.05, 4.69) is 4.98 Å². The van der Waals surface area contributed by atoms with Crippen molar-refractivity contribution in [3.63, 3.8) is 0 Å². The lowest BCUT2D eigenvalue weighted by molar-refractivity contribution is -0.0447. The molecule has 0 saturated carbocycles. The van der Waals surface area contributed by atoms with E-state index in [9.17, 15) is 14.3 Å². The summed E-state index contributed by atoms with van der Waals surface area (Å²) in [5.41, 5.74) is 4.35. The van der Waals surface area contributed by atoms with Gasteiger partial charge in [0.15, 0.2) is 6.23 Å². The standard InChI is InChI=1S/C10H11ClFN3O4/c11-5-2-15(10(18)14-8(5)13)9-4(1-12)7(17)6(3-16)19-9/h1-2,6-7,9,16-17H,3H2,(H2,13,14,18)/b4-1+. The minimum atomic E-state index is -1.36. The fraction of sp³-hybridized carbons (Fsp3) is 0.400. The summed E-state index contributed by atoms with van der Waals surface area (Å²) in [5.74, 6) is -0.161. The normalized spacial score (nSPS) is 29.1. The number of anilines is 1. The van der Waals surface area contributed by atoms with Gasteiger partial charge in [0.25, 0.3) is 0 Å². The number of hydrogen-bond acceptors (Lipinski definition) is 6. The molecular weight excluding hydrogens is 281 g/mol. The van der Waals surface area contributed by atoms with Gasteiger partial charge in [-0.15, -0.1) is 0 Å². The van der Waals surface area contributed by atoms with E-state index in [-0.39, 0.29) is 22.7 Å². The fourth-order valence-corrected chi connectivity index (χ4v) is 1.94. The smallest absolute Gasteiger partial charge is 0.351 e. The minimum absolute atomic E-state index is 0.0108. The van der Waals surface area contributed by atoms with Crippen LogP contribution < -0.4 is 11.4 Å². The highest BCUT2D eigenvalue weighted by atomic mass is 35.5. The second-order valence-corrected chi connectivity index (χ2v) is 4.33. The molecule has 1 aromatic rings. The van der Waals surface area contributed by atoms with E-state index in [4.69, 9.17) is 27.2 Å². The third-order valence-corrected chi connectivity index (χ3v) is 3.07. The number of ether oxygens (including phenoxy) is 1. The van der Waals surface area contributed by atoms with Crippen molar-refractivity contribution in [3.05, 3.63) is 33.6 Å². The van der Waals surface area contributed by atoms with Gasteiger partial charge in [-0.1, -0.05) is 11.6 Å². The Hall–Kier alpha value is -1.48. The lowest BCUT2D eigenvalue weighted by atomic mass is 10.1. The van der Waals surface area contributed by atoms with E-state index in [0.29, 0.717) is 0 Å². The lowest BCUT2D eigenvalue weighted by Gasteiger charge is -2.15. The summed E-state index contributed by atoms with van der Waals surface area (Å²) in [6.07, 6.45) is -2.36. The van der Waals surface area contributed by atoms with Crippen LogP contribution in [0.1, 0.15) is 6.23 Å². The van der Waals surface area contributed by atoms with Gasteiger partial charge < -0.3 is 20.7 Å². The number of nitrogens with two attached hydrogens (primary N) is 1. The molecule has 1 saturated heterocycles. The monoisotopic (exact) mass is 291 g/mol. The molecule has 0 aliphatic carbocycles. The zero-order chi connectivity index (χ0) is 14.2. The van der Waals surface area contributed by atoms with Crippen molar-refractivity contribution in [2.75, 3.05) is 12.3 Å². The van der Waals surface area contributed by atoms with Crippen molar-refractivity contribution in [1.82, 2.24) is 9.55 Å². The van der Waals surface area contributed by atoms with Crippen LogP contribution in [-0.4, -0.2) is 38.6 Å². The zero-order valence-corrected chi connectivity index (χ0v) is 10.3. The lowest BCUT2D eigenvalue weighted by Crippen LogP contribution is -2.28. The van der Waals surface area contributed by atoms with Gasteiger partial charge in [-0.25, -0.2) is 9.18 Å². The molecule has 3 unspecified atom stereocenters. The molecule has 7 nitrogen and oxygen atoms in total. The summed E-state index contributed by atoms with van der Waals surface area (Å²) in [4.78, 5) is 15.1. The Labute approximate surface area is 111 Å². The highest BCUT2D eigenvalue weighted by Crippen LogP contribution is 2.34. The summed E-state index contributed by atoms with van der Waals surface area (Å²) in [6, 6.07) is 0. The molecular formula is C10H11ClFN3O4. The maximum Gasteiger partial charge on any atom is 0.351 e. The van der Waals surface area contributed by atoms with E-state index < -0.39 is 30.7 Å². The molecule has 3 atom stereocenters. The van der Waals surface area contributed by atoms with Crippen LogP contribution in [0.4, 0.5) is 10.2 Å². The average molecular weight is 292 g/mol. The van der Waals surface area contributed by atoms with Crippen LogP contribution in [0.3, 0.4) is 0 Å². The molecule has 0 radical (unpaired) electrons. The number of aliphatic hydroxyl groups excluding tert-OH is 2. The number of aliphatic hydroxyl groups is 2. The van der Waals surface area contributed by atoms with Crippen molar-refractivity contribution in [2.24, 2.45) is 0 Å². The maximum atomic E-state index is 12.8. The van der Waals surface area contributed by atoms with Gasteiger partial charge in [-0.3, -0.25) is 4.57 Å². The molecule has 19 heavy (non-hydrogen) atoms. The van der Waals surface area contributed by atoms with Crippen molar-refractivity contribution in [3.8, 4) is 0 Å². The first-order chi connectivity index (χ1) is 8.99. The molecule has 2 heterocycles. The number of halogens is 2. The van der Waals surface area contributed by atoms with Gasteiger partial charge in [0.2, 0.25) is 0 Å². The van der Waals surface area contributed by atoms with E-state index in [1.54, 1.807) is 0 Å². The quantitative estimate of drug-likeness (QED) is 0.683. The third kappa shape index (κ3) is 2.35. The molecule has 9 heteroatoms. The Bertz CT molecular complexity index is 576. The summed E-state index contributed by atoms with van der Waals surface area (Å²) in [6.45, 7) is -0.528. The molecule has 1 aliphatic heterocycles. The topological polar surface area (TPSA) is 111 Å². The Balaban J connectivity index is 2.47. The molecule has 0 bridgehead atoms. The number of aromatic nitrogens is 2. The van der Waals surface area contributed by atoms with E-state index in [1.807, 2.05) is 0 Å². The Morgan fingerprint density at radius 1 is 1.68 bits per heavy atom. The van der Waals surface area contributed by atoms with Gasteiger partial charge in [-0.2, -0.15) is 4.98 Å². The first-order valence-corrected chi connectivity index (χ1v) is 5.66. The van der Waals surface area contributed by atoms with Crippen molar-refractivity contribution in [1.29, 1.82) is 0 Å². The number of rotatable bonds is 2. The predicted octanol–water partition coefficient (Wildman–Crippen LogP) is -0.417. The molecule has 4 N–H and O–H groups in total. The number of nitrogens with zero attached hydrogens (tertiary/aromatic N) is 2. The molecule has 2 rings (SSSR count). The van der Waals surface area contributed by atoms with Crippen LogP contribution in [-0.2, 0) is 4.74 Å². The number of nitrogen functional groups attached to an aromatic ring is 1. The molecule has 1 aromatic heterocycles. The predicted molar refractivity (Wildman–Crippen MR) is 64.1 cm³/mol. The van der Waals surface area contributed by atoms with Gasteiger partial charge in [0.1, 0.15) is 18.0 Å². The van der Waals surface area contributed by atoms with E-state index >= 15 is 0 Å². The Morgan fingerprint density at radius 3 is 2.95 bits per heavy atom. The van der Waals surface area contributed by atoms with E-state index in [1.165, 1.54) is 0 Å². The third-order valence-electron chi connectivity index (χ3n) is 2.78. The van der Waals surface area contributed by atoms with Crippen molar-refractivity contribution >= 4 is 17.4 Å². The van der Waals surface area contributed by atoms with Crippen LogP contribution in [0.15, 0.2) is 22.9 Å². The van der Waals surface area contributed by atoms with Crippen molar-refractivity contribution in [2.45, 2.75) is 18.4 Å². The second kappa shape index (κ2) is 5.25. The van der Waals surface area contributed by atoms with E-state index in [0.717, 1.165) is 10.8 Å². The largest absolute Gasteiger partial charge is 0.394 e. The van der Waals surface area contributed by atoms with Crippen LogP contribution >= 0.6 is 11.6 Å². The van der Waals surface area contributed by atoms with Gasteiger partial charge in [0.05, 0.1) is 18.0 Å². The summed E-state index contributed by atoms with van der Waals surface area (Å²) in [7, 11) is 0. The van der Waals surface area contributed by atoms with Crippen LogP contribution in [0.25, 0.3) is 0 Å². The van der Waals surface area contributed by atoms with Crippen molar-refractivity contribution < 1.29 is 19.3 Å². The zero-order valence-electron chi connectivity index (χ0n) is 9.53. The first-order valence-electron chi connectivity index (χ1n) is 5.28. The minimum Gasteiger partial charge on any atom is -0.394 e. The highest BCUT2D eigenvalue weighted by Gasteiger charge is 2.40. The Morgan fingerprint density at radius 2 is 2.37 bits per heavy atom. The van der Waals surface area contributed by atoms with Crippen LogP contribution in [0, 0.1) is 0 Å². The molecule has 1 aliphatic rings. The summed E-state index contributed by atoms with van der Waals surface area (Å²) < 4.78 is 18.9. The fourth-order valence-electron chi connectivity index (χ4n) is 1.79. The maximum absolute atomic E-state index is 12.8. The van der Waals surface area contributed by atoms with Crippen LogP contribution in [0.5, 0.6) is 0 Å². The van der Waals surface area contributed by atoms with Gasteiger partial charge >= 0.3 is 5.69 Å². The van der Waals surface area contributed by atoms with Gasteiger partial charge in [-0.05, 0) is 0 Å². The molecule has 104 valence electrons. The second-order valence-electron chi connectivity index (χ2n) is 3.93. The number of hydrogen-bond donors (Lipinski definition) is 3. The van der Waals surface area contributed by atoms with Gasteiger partial charge in [0, 0.05) is 11.8 Å². The molecule has 1 fully saturated rings. The first kappa shape index (κ1) is 13.9. The highest BCUT2D eigenvalue weighted by molar-refractivity contribution is 6.32. The molecule has 0 aromatic carbocycles. The SMILES string of the molecule is Nc1nc(=O)n(C2OC(CO)C(O)/C2=C\F)cc1Cl. The molecule has 0 spiro atoms. The van der Waals surface area contributed by atoms with Crippen LogP contribution in [0.2, 0.25) is 5.02 Å². The average Bonchev–Trinajstić information content (AvgIpc) is 2.70. The Kier molecular flexibility index (Phi) is 3.85. The summed E-state index contributed by atoms with van der Waals surface area (Å²) >= 11 is 5.73.